The van der Waals surface area contributed by atoms with E-state index in [0.717, 1.165) is 12.0 Å². The third kappa shape index (κ3) is 3.35. The first-order chi connectivity index (χ1) is 10.0. The number of nitrogens with two attached hydrogens (primary N) is 1. The van der Waals surface area contributed by atoms with Crippen molar-refractivity contribution in [2.45, 2.75) is 38.6 Å². The van der Waals surface area contributed by atoms with Gasteiger partial charge in [0, 0.05) is 12.2 Å². The summed E-state index contributed by atoms with van der Waals surface area (Å²) in [6.07, 6.45) is 1.51. The summed E-state index contributed by atoms with van der Waals surface area (Å²) < 4.78 is 5.06. The molecule has 2 unspecified atom stereocenters. The lowest BCUT2D eigenvalue weighted by molar-refractivity contribution is -0.153. The first-order valence-electron chi connectivity index (χ1n) is 7.37. The minimum absolute atomic E-state index is 0.0452. The molecule has 0 spiro atoms. The normalized spacial score (nSPS) is 19.3. The van der Waals surface area contributed by atoms with Gasteiger partial charge in [-0.25, -0.2) is 4.79 Å². The highest BCUT2D eigenvalue weighted by molar-refractivity contribution is 5.89. The van der Waals surface area contributed by atoms with E-state index in [-0.39, 0.29) is 17.8 Å². The maximum Gasteiger partial charge on any atom is 0.328 e. The zero-order chi connectivity index (χ0) is 15.4. The van der Waals surface area contributed by atoms with E-state index in [4.69, 9.17) is 10.5 Å². The molecule has 5 heteroatoms. The Morgan fingerprint density at radius 1 is 1.48 bits per heavy atom. The smallest absolute Gasteiger partial charge is 0.328 e. The van der Waals surface area contributed by atoms with Crippen molar-refractivity contribution in [1.29, 1.82) is 0 Å². The largest absolute Gasteiger partial charge is 0.464 e. The summed E-state index contributed by atoms with van der Waals surface area (Å²) in [7, 11) is 0. The number of carbonyl (C=O) groups excluding carboxylic acids is 2. The van der Waals surface area contributed by atoms with Crippen LogP contribution in [0.25, 0.3) is 0 Å². The van der Waals surface area contributed by atoms with E-state index in [0.29, 0.717) is 25.3 Å². The summed E-state index contributed by atoms with van der Waals surface area (Å²) >= 11 is 0. The van der Waals surface area contributed by atoms with Crippen molar-refractivity contribution in [2.75, 3.05) is 18.9 Å². The first kappa shape index (κ1) is 15.4. The van der Waals surface area contributed by atoms with Gasteiger partial charge in [0.05, 0.1) is 12.5 Å². The molecule has 114 valence electrons. The second-order valence-electron chi connectivity index (χ2n) is 5.33. The number of carbonyl (C=O) groups is 2. The van der Waals surface area contributed by atoms with Crippen LogP contribution >= 0.6 is 0 Å². The van der Waals surface area contributed by atoms with Crippen molar-refractivity contribution in [3.05, 3.63) is 29.8 Å². The number of benzene rings is 1. The summed E-state index contributed by atoms with van der Waals surface area (Å²) in [4.78, 5) is 26.2. The fourth-order valence-corrected chi connectivity index (χ4v) is 2.73. The molecule has 1 heterocycles. The maximum atomic E-state index is 12.7. The zero-order valence-corrected chi connectivity index (χ0v) is 12.5. The number of likely N-dealkylation sites (tertiary alicyclic amines) is 1. The van der Waals surface area contributed by atoms with Crippen LogP contribution < -0.4 is 5.73 Å². The molecular weight excluding hydrogens is 268 g/mol. The Kier molecular flexibility index (Phi) is 4.83. The molecule has 5 nitrogen and oxygen atoms in total. The van der Waals surface area contributed by atoms with E-state index in [9.17, 15) is 9.59 Å². The molecule has 2 atom stereocenters. The Hall–Kier alpha value is -2.04. The van der Waals surface area contributed by atoms with Crippen LogP contribution in [0, 0.1) is 0 Å². The Balaban J connectivity index is 2.13. The predicted molar refractivity (Wildman–Crippen MR) is 80.6 cm³/mol. The van der Waals surface area contributed by atoms with Crippen LogP contribution in [0.1, 0.15) is 38.2 Å². The fraction of sp³-hybridized carbons (Fsp3) is 0.500. The number of hydrogen-bond donors (Lipinski definition) is 1. The van der Waals surface area contributed by atoms with Gasteiger partial charge in [0.15, 0.2) is 0 Å². The van der Waals surface area contributed by atoms with Crippen molar-refractivity contribution < 1.29 is 14.3 Å². The molecule has 0 radical (unpaired) electrons. The minimum atomic E-state index is -0.444. The number of ether oxygens (including phenoxy) is 1. The monoisotopic (exact) mass is 290 g/mol. The van der Waals surface area contributed by atoms with Crippen molar-refractivity contribution in [1.82, 2.24) is 4.90 Å². The number of anilines is 1. The van der Waals surface area contributed by atoms with Crippen LogP contribution in [-0.2, 0) is 14.3 Å². The number of rotatable bonds is 4. The molecule has 2 rings (SSSR count). The second kappa shape index (κ2) is 6.61. The minimum Gasteiger partial charge on any atom is -0.464 e. The number of amides is 1. The van der Waals surface area contributed by atoms with Gasteiger partial charge in [0.2, 0.25) is 5.91 Å². The summed E-state index contributed by atoms with van der Waals surface area (Å²) in [5.74, 6) is -0.664. The van der Waals surface area contributed by atoms with E-state index < -0.39 is 6.04 Å². The molecule has 1 saturated heterocycles. The van der Waals surface area contributed by atoms with Crippen molar-refractivity contribution in [2.24, 2.45) is 0 Å². The van der Waals surface area contributed by atoms with Gasteiger partial charge >= 0.3 is 5.97 Å². The van der Waals surface area contributed by atoms with Gasteiger partial charge in [-0.1, -0.05) is 12.1 Å². The van der Waals surface area contributed by atoms with E-state index in [1.54, 1.807) is 24.0 Å². The molecule has 1 aromatic carbocycles. The first-order valence-corrected chi connectivity index (χ1v) is 7.37. The Labute approximate surface area is 125 Å². The lowest BCUT2D eigenvalue weighted by Crippen LogP contribution is -2.43. The number of esters is 1. The molecule has 0 saturated carbocycles. The fourth-order valence-electron chi connectivity index (χ4n) is 2.73. The van der Waals surface area contributed by atoms with Crippen molar-refractivity contribution in [3.8, 4) is 0 Å². The predicted octanol–water partition coefficient (Wildman–Crippen LogP) is 1.93. The van der Waals surface area contributed by atoms with E-state index in [1.807, 2.05) is 19.1 Å². The van der Waals surface area contributed by atoms with Crippen LogP contribution in [0.3, 0.4) is 0 Å². The highest BCUT2D eigenvalue weighted by atomic mass is 16.5. The Morgan fingerprint density at radius 3 is 2.90 bits per heavy atom. The zero-order valence-electron chi connectivity index (χ0n) is 12.5. The topological polar surface area (TPSA) is 72.6 Å². The molecule has 1 fully saturated rings. The van der Waals surface area contributed by atoms with Crippen LogP contribution in [0.5, 0.6) is 0 Å². The van der Waals surface area contributed by atoms with Gasteiger partial charge in [0.1, 0.15) is 6.04 Å². The van der Waals surface area contributed by atoms with Gasteiger partial charge in [-0.2, -0.15) is 0 Å². The summed E-state index contributed by atoms with van der Waals surface area (Å²) in [6.45, 7) is 4.56. The molecule has 1 amide bonds. The van der Waals surface area contributed by atoms with Gasteiger partial charge < -0.3 is 15.4 Å². The van der Waals surface area contributed by atoms with E-state index in [2.05, 4.69) is 0 Å². The van der Waals surface area contributed by atoms with E-state index >= 15 is 0 Å². The highest BCUT2D eigenvalue weighted by Gasteiger charge is 2.37. The lowest BCUT2D eigenvalue weighted by atomic mass is 9.99. The van der Waals surface area contributed by atoms with Gasteiger partial charge in [0.25, 0.3) is 0 Å². The van der Waals surface area contributed by atoms with E-state index in [1.165, 1.54) is 0 Å². The molecular formula is C16H22N2O3. The summed E-state index contributed by atoms with van der Waals surface area (Å²) in [6, 6.07) is 6.87. The SMILES string of the molecule is CCOC(=O)C1CCCN1C(=O)C(C)c1cccc(N)c1. The van der Waals surface area contributed by atoms with Gasteiger partial charge in [-0.15, -0.1) is 0 Å². The molecule has 0 bridgehead atoms. The maximum absolute atomic E-state index is 12.7. The molecule has 21 heavy (non-hydrogen) atoms. The molecule has 0 aromatic heterocycles. The average molecular weight is 290 g/mol. The van der Waals surface area contributed by atoms with Crippen molar-refractivity contribution in [3.63, 3.8) is 0 Å². The van der Waals surface area contributed by atoms with Crippen LogP contribution in [0.4, 0.5) is 5.69 Å². The molecule has 2 N–H and O–H groups in total. The van der Waals surface area contributed by atoms with Gasteiger partial charge in [-0.3, -0.25) is 4.79 Å². The molecule has 1 aliphatic heterocycles. The van der Waals surface area contributed by atoms with Crippen molar-refractivity contribution >= 4 is 17.6 Å². The standard InChI is InChI=1S/C16H22N2O3/c1-3-21-16(20)14-8-5-9-18(14)15(19)11(2)12-6-4-7-13(17)10-12/h4,6-7,10-11,14H,3,5,8-9,17H2,1-2H3. The average Bonchev–Trinajstić information content (AvgIpc) is 2.95. The third-order valence-electron chi connectivity index (χ3n) is 3.88. The Bertz CT molecular complexity index is 530. The van der Waals surface area contributed by atoms with Gasteiger partial charge in [-0.05, 0) is 44.4 Å². The quantitative estimate of drug-likeness (QED) is 0.679. The molecule has 0 aliphatic carbocycles. The second-order valence-corrected chi connectivity index (χ2v) is 5.33. The third-order valence-corrected chi connectivity index (χ3v) is 3.88. The lowest BCUT2D eigenvalue weighted by Gasteiger charge is -2.26. The highest BCUT2D eigenvalue weighted by Crippen LogP contribution is 2.26. The van der Waals surface area contributed by atoms with Crippen LogP contribution in [-0.4, -0.2) is 36.0 Å². The van der Waals surface area contributed by atoms with Crippen LogP contribution in [0.15, 0.2) is 24.3 Å². The summed E-state index contributed by atoms with van der Waals surface area (Å²) in [5.41, 5.74) is 7.27. The molecule has 1 aliphatic rings. The number of hydrogen-bond acceptors (Lipinski definition) is 4. The number of nitrogens with zero attached hydrogens (tertiary/aromatic N) is 1. The van der Waals surface area contributed by atoms with Crippen LogP contribution in [0.2, 0.25) is 0 Å². The Morgan fingerprint density at radius 2 is 2.24 bits per heavy atom. The molecule has 1 aromatic rings. The number of nitrogen functional groups attached to an aromatic ring is 1. The summed E-state index contributed by atoms with van der Waals surface area (Å²) in [5, 5.41) is 0.